The van der Waals surface area contributed by atoms with E-state index in [1.165, 1.54) is 11.1 Å². The van der Waals surface area contributed by atoms with Gasteiger partial charge in [0.25, 0.3) is 0 Å². The van der Waals surface area contributed by atoms with Gasteiger partial charge in [-0.25, -0.2) is 4.98 Å². The number of H-pyrrole nitrogens is 1. The summed E-state index contributed by atoms with van der Waals surface area (Å²) in [5.74, 6) is 3.30. The van der Waals surface area contributed by atoms with Gasteiger partial charge in [0.1, 0.15) is 11.6 Å². The van der Waals surface area contributed by atoms with E-state index in [9.17, 15) is 0 Å². The molecule has 0 aliphatic carbocycles. The van der Waals surface area contributed by atoms with Crippen molar-refractivity contribution >= 4 is 29.9 Å². The number of hydrogen-bond donors (Lipinski definition) is 3. The number of nitrogens with one attached hydrogen (secondary N) is 3. The summed E-state index contributed by atoms with van der Waals surface area (Å²) < 4.78 is 5.18. The van der Waals surface area contributed by atoms with E-state index in [1.54, 1.807) is 14.2 Å². The van der Waals surface area contributed by atoms with Crippen LogP contribution in [0.1, 0.15) is 29.8 Å². The van der Waals surface area contributed by atoms with Crippen LogP contribution >= 0.6 is 24.0 Å². The molecule has 0 radical (unpaired) electrons. The third kappa shape index (κ3) is 6.45. The third-order valence-corrected chi connectivity index (χ3v) is 4.75. The molecule has 2 aromatic carbocycles. The minimum atomic E-state index is 0. The molecule has 30 heavy (non-hydrogen) atoms. The Bertz CT molecular complexity index is 937. The highest BCUT2D eigenvalue weighted by Gasteiger charge is 2.09. The van der Waals surface area contributed by atoms with Crippen LogP contribution in [-0.4, -0.2) is 41.8 Å². The highest BCUT2D eigenvalue weighted by molar-refractivity contribution is 14.0. The van der Waals surface area contributed by atoms with E-state index in [1.807, 2.05) is 24.3 Å². The average molecular weight is 520 g/mol. The largest absolute Gasteiger partial charge is 0.497 e. The summed E-state index contributed by atoms with van der Waals surface area (Å²) in [6.07, 6.45) is 0. The maximum Gasteiger partial charge on any atom is 0.191 e. The van der Waals surface area contributed by atoms with E-state index in [-0.39, 0.29) is 24.0 Å². The lowest BCUT2D eigenvalue weighted by Crippen LogP contribution is -2.38. The molecule has 0 spiro atoms. The minimum absolute atomic E-state index is 0. The van der Waals surface area contributed by atoms with Gasteiger partial charge in [0, 0.05) is 19.2 Å². The Morgan fingerprint density at radius 3 is 2.43 bits per heavy atom. The van der Waals surface area contributed by atoms with E-state index >= 15 is 0 Å². The van der Waals surface area contributed by atoms with Crippen LogP contribution in [-0.2, 0) is 6.54 Å². The van der Waals surface area contributed by atoms with Gasteiger partial charge >= 0.3 is 0 Å². The predicted octanol–water partition coefficient (Wildman–Crippen LogP) is 3.88. The van der Waals surface area contributed by atoms with Crippen LogP contribution in [0, 0.1) is 6.92 Å². The molecule has 1 unspecified atom stereocenters. The molecule has 7 nitrogen and oxygen atoms in total. The summed E-state index contributed by atoms with van der Waals surface area (Å²) >= 11 is 0. The number of halogens is 1. The maximum atomic E-state index is 5.18. The smallest absolute Gasteiger partial charge is 0.191 e. The van der Waals surface area contributed by atoms with E-state index < -0.39 is 0 Å². The van der Waals surface area contributed by atoms with Crippen LogP contribution in [0.25, 0.3) is 11.4 Å². The molecule has 1 heterocycles. The molecule has 8 heteroatoms. The Balaban J connectivity index is 0.00000320. The van der Waals surface area contributed by atoms with E-state index in [2.05, 4.69) is 68.9 Å². The monoisotopic (exact) mass is 520 g/mol. The number of ether oxygens (including phenoxy) is 1. The second-order valence-electron chi connectivity index (χ2n) is 6.95. The second kappa shape index (κ2) is 11.5. The Morgan fingerprint density at radius 1 is 1.10 bits per heavy atom. The van der Waals surface area contributed by atoms with Crippen molar-refractivity contribution in [1.29, 1.82) is 0 Å². The van der Waals surface area contributed by atoms with Crippen LogP contribution in [0.15, 0.2) is 53.5 Å². The standard InChI is InChI=1S/C22H28N6O.HI/c1-15-5-7-17(8-6-15)16(2)13-24-22(23-3)25-14-20-26-21(28-27-20)18-9-11-19(29-4)12-10-18;/h5-12,16H,13-14H2,1-4H3,(H2,23,24,25)(H,26,27,28);1H. The van der Waals surface area contributed by atoms with E-state index in [0.717, 1.165) is 29.6 Å². The van der Waals surface area contributed by atoms with Crippen LogP contribution < -0.4 is 15.4 Å². The molecule has 3 aromatic rings. The zero-order valence-electron chi connectivity index (χ0n) is 17.8. The van der Waals surface area contributed by atoms with Crippen molar-refractivity contribution in [3.8, 4) is 17.1 Å². The second-order valence-corrected chi connectivity index (χ2v) is 6.95. The van der Waals surface area contributed by atoms with Crippen molar-refractivity contribution in [3.63, 3.8) is 0 Å². The van der Waals surface area contributed by atoms with Crippen molar-refractivity contribution in [2.24, 2.45) is 4.99 Å². The van der Waals surface area contributed by atoms with E-state index in [4.69, 9.17) is 4.74 Å². The molecule has 0 amide bonds. The number of aromatic nitrogens is 3. The fourth-order valence-corrected chi connectivity index (χ4v) is 2.89. The molecule has 0 aliphatic heterocycles. The number of guanidine groups is 1. The molecular formula is C22H29IN6O. The number of rotatable bonds is 7. The van der Waals surface area contributed by atoms with Crippen molar-refractivity contribution < 1.29 is 4.74 Å². The van der Waals surface area contributed by atoms with Crippen LogP contribution in [0.5, 0.6) is 5.75 Å². The predicted molar refractivity (Wildman–Crippen MR) is 132 cm³/mol. The number of benzene rings is 2. The average Bonchev–Trinajstić information content (AvgIpc) is 3.23. The third-order valence-electron chi connectivity index (χ3n) is 4.75. The van der Waals surface area contributed by atoms with Gasteiger partial charge in [-0.1, -0.05) is 36.8 Å². The first kappa shape index (κ1) is 23.7. The van der Waals surface area contributed by atoms with Crippen molar-refractivity contribution in [1.82, 2.24) is 25.8 Å². The fraction of sp³-hybridized carbons (Fsp3) is 0.318. The first-order chi connectivity index (χ1) is 14.1. The minimum Gasteiger partial charge on any atom is -0.497 e. The number of aryl methyl sites for hydroxylation is 1. The summed E-state index contributed by atoms with van der Waals surface area (Å²) in [5, 5.41) is 13.9. The van der Waals surface area contributed by atoms with Crippen molar-refractivity contribution in [3.05, 3.63) is 65.5 Å². The summed E-state index contributed by atoms with van der Waals surface area (Å²) in [6, 6.07) is 16.3. The zero-order chi connectivity index (χ0) is 20.6. The number of aromatic amines is 1. The van der Waals surface area contributed by atoms with Gasteiger partial charge < -0.3 is 15.4 Å². The lowest BCUT2D eigenvalue weighted by atomic mass is 10.0. The topological polar surface area (TPSA) is 87.2 Å². The Labute approximate surface area is 194 Å². The molecule has 3 N–H and O–H groups in total. The molecule has 0 fully saturated rings. The summed E-state index contributed by atoms with van der Waals surface area (Å²) in [5.41, 5.74) is 3.51. The molecule has 1 aromatic heterocycles. The Hall–Kier alpha value is -2.62. The summed E-state index contributed by atoms with van der Waals surface area (Å²) in [4.78, 5) is 8.83. The first-order valence-corrected chi connectivity index (χ1v) is 9.66. The van der Waals surface area contributed by atoms with Gasteiger partial charge in [-0.3, -0.25) is 10.1 Å². The quantitative estimate of drug-likeness (QED) is 0.250. The molecule has 1 atom stereocenters. The molecular weight excluding hydrogens is 491 g/mol. The molecule has 3 rings (SSSR count). The number of aliphatic imine (C=N–C) groups is 1. The van der Waals surface area contributed by atoms with E-state index in [0.29, 0.717) is 18.3 Å². The molecule has 0 saturated heterocycles. The zero-order valence-corrected chi connectivity index (χ0v) is 20.1. The fourth-order valence-electron chi connectivity index (χ4n) is 2.89. The van der Waals surface area contributed by atoms with Gasteiger partial charge in [-0.2, -0.15) is 5.10 Å². The first-order valence-electron chi connectivity index (χ1n) is 9.66. The summed E-state index contributed by atoms with van der Waals surface area (Å²) in [6.45, 7) is 5.59. The van der Waals surface area contributed by atoms with Gasteiger partial charge in [-0.05, 0) is 42.7 Å². The summed E-state index contributed by atoms with van der Waals surface area (Å²) in [7, 11) is 3.41. The number of nitrogens with zero attached hydrogens (tertiary/aromatic N) is 3. The van der Waals surface area contributed by atoms with Crippen molar-refractivity contribution in [2.45, 2.75) is 26.3 Å². The SMILES string of the molecule is CN=C(NCc1nc(-c2ccc(OC)cc2)n[nH]1)NCC(C)c1ccc(C)cc1.I. The van der Waals surface area contributed by atoms with Gasteiger partial charge in [-0.15, -0.1) is 24.0 Å². The molecule has 160 valence electrons. The van der Waals surface area contributed by atoms with Gasteiger partial charge in [0.15, 0.2) is 11.8 Å². The van der Waals surface area contributed by atoms with Crippen molar-refractivity contribution in [2.75, 3.05) is 20.7 Å². The lowest BCUT2D eigenvalue weighted by Gasteiger charge is -2.16. The maximum absolute atomic E-state index is 5.18. The highest BCUT2D eigenvalue weighted by atomic mass is 127. The molecule has 0 bridgehead atoms. The number of methoxy groups -OCH3 is 1. The Morgan fingerprint density at radius 2 is 1.80 bits per heavy atom. The molecule has 0 saturated carbocycles. The number of hydrogen-bond acceptors (Lipinski definition) is 4. The van der Waals surface area contributed by atoms with Gasteiger partial charge in [0.05, 0.1) is 13.7 Å². The normalized spacial score (nSPS) is 12.1. The van der Waals surface area contributed by atoms with Crippen LogP contribution in [0.3, 0.4) is 0 Å². The highest BCUT2D eigenvalue weighted by Crippen LogP contribution is 2.19. The Kier molecular flexibility index (Phi) is 9.10. The van der Waals surface area contributed by atoms with Crippen LogP contribution in [0.2, 0.25) is 0 Å². The van der Waals surface area contributed by atoms with Gasteiger partial charge in [0.2, 0.25) is 0 Å². The van der Waals surface area contributed by atoms with Crippen LogP contribution in [0.4, 0.5) is 0 Å². The lowest BCUT2D eigenvalue weighted by molar-refractivity contribution is 0.415. The molecule has 0 aliphatic rings.